The smallest absolute Gasteiger partial charge is 0.307 e. The molecule has 1 saturated carbocycles. The van der Waals surface area contributed by atoms with Gasteiger partial charge in [-0.3, -0.25) is 9.59 Å². The van der Waals surface area contributed by atoms with E-state index in [0.29, 0.717) is 13.1 Å². The van der Waals surface area contributed by atoms with Crippen LogP contribution in [0.3, 0.4) is 0 Å². The van der Waals surface area contributed by atoms with Crippen LogP contribution in [0, 0.1) is 17.7 Å². The Labute approximate surface area is 162 Å². The van der Waals surface area contributed by atoms with Crippen LogP contribution in [0.15, 0.2) is 24.3 Å². The van der Waals surface area contributed by atoms with Crippen molar-refractivity contribution in [1.82, 2.24) is 4.90 Å². The van der Waals surface area contributed by atoms with E-state index < -0.39 is 0 Å². The van der Waals surface area contributed by atoms with Crippen molar-refractivity contribution < 1.29 is 18.7 Å². The van der Waals surface area contributed by atoms with Crippen molar-refractivity contribution >= 4 is 11.9 Å². The molecular formula is C22H32FNO3. The molecule has 1 aromatic carbocycles. The van der Waals surface area contributed by atoms with Crippen LogP contribution < -0.4 is 0 Å². The molecule has 0 N–H and O–H groups in total. The van der Waals surface area contributed by atoms with E-state index in [-0.39, 0.29) is 30.0 Å². The first-order valence-electron chi connectivity index (χ1n) is 10.1. The number of unbranched alkanes of at least 4 members (excludes halogenated alkanes) is 1. The van der Waals surface area contributed by atoms with Crippen molar-refractivity contribution in [3.8, 4) is 0 Å². The lowest BCUT2D eigenvalue weighted by Gasteiger charge is -2.32. The summed E-state index contributed by atoms with van der Waals surface area (Å²) in [7, 11) is 1.35. The Kier molecular flexibility index (Phi) is 8.76. The van der Waals surface area contributed by atoms with E-state index in [1.807, 2.05) is 0 Å². The van der Waals surface area contributed by atoms with Gasteiger partial charge in [0.05, 0.1) is 13.5 Å². The van der Waals surface area contributed by atoms with E-state index in [1.165, 1.54) is 38.5 Å². The quantitative estimate of drug-likeness (QED) is 0.585. The maximum Gasteiger partial charge on any atom is 0.307 e. The van der Waals surface area contributed by atoms with E-state index in [2.05, 4.69) is 6.92 Å². The third-order valence-electron chi connectivity index (χ3n) is 5.57. The SMILES string of the molecule is CCCCC1CCC(C(=O)N(CCC(=O)OC)Cc2ccc(F)cc2)CC1. The fraction of sp³-hybridized carbons (Fsp3) is 0.636. The summed E-state index contributed by atoms with van der Waals surface area (Å²) in [6, 6.07) is 6.18. The highest BCUT2D eigenvalue weighted by molar-refractivity contribution is 5.79. The molecule has 0 aromatic heterocycles. The largest absolute Gasteiger partial charge is 0.469 e. The first-order valence-corrected chi connectivity index (χ1v) is 10.1. The van der Waals surface area contributed by atoms with Crippen molar-refractivity contribution in [1.29, 1.82) is 0 Å². The molecule has 0 heterocycles. The molecule has 0 radical (unpaired) electrons. The Hall–Kier alpha value is -1.91. The Morgan fingerprint density at radius 3 is 2.41 bits per heavy atom. The fourth-order valence-corrected chi connectivity index (χ4v) is 3.85. The highest BCUT2D eigenvalue weighted by atomic mass is 19.1. The number of carbonyl (C=O) groups excluding carboxylic acids is 2. The van der Waals surface area contributed by atoms with Gasteiger partial charge in [-0.15, -0.1) is 0 Å². The number of hydrogen-bond acceptors (Lipinski definition) is 3. The zero-order valence-electron chi connectivity index (χ0n) is 16.6. The zero-order chi connectivity index (χ0) is 19.6. The molecule has 4 nitrogen and oxygen atoms in total. The Morgan fingerprint density at radius 1 is 1.15 bits per heavy atom. The summed E-state index contributed by atoms with van der Waals surface area (Å²) in [5, 5.41) is 0. The number of hydrogen-bond donors (Lipinski definition) is 0. The van der Waals surface area contributed by atoms with Crippen LogP contribution >= 0.6 is 0 Å². The number of ether oxygens (including phenoxy) is 1. The van der Waals surface area contributed by atoms with Crippen LogP contribution in [0.1, 0.15) is 63.9 Å². The van der Waals surface area contributed by atoms with Crippen molar-refractivity contribution in [3.63, 3.8) is 0 Å². The lowest BCUT2D eigenvalue weighted by atomic mass is 9.79. The number of esters is 1. The van der Waals surface area contributed by atoms with Gasteiger partial charge in [0.25, 0.3) is 0 Å². The molecule has 1 aliphatic rings. The van der Waals surface area contributed by atoms with Gasteiger partial charge in [-0.25, -0.2) is 4.39 Å². The number of carbonyl (C=O) groups is 2. The highest BCUT2D eigenvalue weighted by Gasteiger charge is 2.29. The average Bonchev–Trinajstić information content (AvgIpc) is 2.70. The van der Waals surface area contributed by atoms with Gasteiger partial charge in [0.1, 0.15) is 5.82 Å². The second-order valence-electron chi connectivity index (χ2n) is 7.57. The van der Waals surface area contributed by atoms with E-state index >= 15 is 0 Å². The monoisotopic (exact) mass is 377 g/mol. The molecule has 0 aliphatic heterocycles. The minimum absolute atomic E-state index is 0.0287. The Morgan fingerprint density at radius 2 is 1.81 bits per heavy atom. The normalized spacial score (nSPS) is 19.5. The number of rotatable bonds is 9. The van der Waals surface area contributed by atoms with Gasteiger partial charge < -0.3 is 9.64 Å². The summed E-state index contributed by atoms with van der Waals surface area (Å²) in [4.78, 5) is 26.4. The lowest BCUT2D eigenvalue weighted by molar-refractivity contribution is -0.143. The number of amides is 1. The molecule has 5 heteroatoms. The molecule has 1 amide bonds. The predicted octanol–water partition coefficient (Wildman–Crippen LogP) is 4.71. The summed E-state index contributed by atoms with van der Waals surface area (Å²) in [5.74, 6) is 0.263. The van der Waals surface area contributed by atoms with Gasteiger partial charge in [-0.1, -0.05) is 38.3 Å². The molecule has 1 aromatic rings. The molecular weight excluding hydrogens is 345 g/mol. The third kappa shape index (κ3) is 6.96. The molecule has 0 atom stereocenters. The third-order valence-corrected chi connectivity index (χ3v) is 5.57. The van der Waals surface area contributed by atoms with E-state index in [4.69, 9.17) is 4.74 Å². The minimum atomic E-state index is -0.324. The topological polar surface area (TPSA) is 46.6 Å². The highest BCUT2D eigenvalue weighted by Crippen LogP contribution is 2.33. The average molecular weight is 378 g/mol. The number of benzene rings is 1. The first-order chi connectivity index (χ1) is 13.0. The zero-order valence-corrected chi connectivity index (χ0v) is 16.6. The van der Waals surface area contributed by atoms with Crippen LogP contribution in [-0.2, 0) is 20.9 Å². The van der Waals surface area contributed by atoms with Crippen molar-refractivity contribution in [2.24, 2.45) is 11.8 Å². The molecule has 1 aliphatic carbocycles. The molecule has 0 spiro atoms. The Bertz CT molecular complexity index is 594. The number of nitrogens with zero attached hydrogens (tertiary/aromatic N) is 1. The van der Waals surface area contributed by atoms with Crippen LogP contribution in [0.25, 0.3) is 0 Å². The van der Waals surface area contributed by atoms with Crippen LogP contribution in [0.4, 0.5) is 4.39 Å². The van der Waals surface area contributed by atoms with Crippen LogP contribution in [0.2, 0.25) is 0 Å². The molecule has 1 fully saturated rings. The summed E-state index contributed by atoms with van der Waals surface area (Å²) < 4.78 is 17.9. The van der Waals surface area contributed by atoms with Gasteiger partial charge >= 0.3 is 5.97 Å². The van der Waals surface area contributed by atoms with E-state index in [0.717, 1.165) is 37.2 Å². The van der Waals surface area contributed by atoms with Crippen molar-refractivity contribution in [3.05, 3.63) is 35.6 Å². The minimum Gasteiger partial charge on any atom is -0.469 e. The standard InChI is InChI=1S/C22H32FNO3/c1-3-4-5-17-6-10-19(11-7-17)22(26)24(15-14-21(25)27-2)16-18-8-12-20(23)13-9-18/h8-9,12-13,17,19H,3-7,10-11,14-16H2,1-2H3. The maximum absolute atomic E-state index is 13.2. The maximum atomic E-state index is 13.2. The molecule has 0 bridgehead atoms. The summed E-state index contributed by atoms with van der Waals surface area (Å²) >= 11 is 0. The summed E-state index contributed by atoms with van der Waals surface area (Å²) in [6.07, 6.45) is 7.98. The second-order valence-corrected chi connectivity index (χ2v) is 7.57. The van der Waals surface area contributed by atoms with Crippen LogP contribution in [0.5, 0.6) is 0 Å². The van der Waals surface area contributed by atoms with Crippen LogP contribution in [-0.4, -0.2) is 30.4 Å². The van der Waals surface area contributed by atoms with E-state index in [9.17, 15) is 14.0 Å². The van der Waals surface area contributed by atoms with Gasteiger partial charge in [0, 0.05) is 19.0 Å². The number of methoxy groups -OCH3 is 1. The van der Waals surface area contributed by atoms with E-state index in [1.54, 1.807) is 17.0 Å². The summed E-state index contributed by atoms with van der Waals surface area (Å²) in [6.45, 7) is 2.94. The molecule has 150 valence electrons. The van der Waals surface area contributed by atoms with Gasteiger partial charge in [0.2, 0.25) is 5.91 Å². The van der Waals surface area contributed by atoms with Crippen molar-refractivity contribution in [2.75, 3.05) is 13.7 Å². The molecule has 2 rings (SSSR count). The summed E-state index contributed by atoms with van der Waals surface area (Å²) in [5.41, 5.74) is 0.867. The number of halogens is 1. The molecule has 0 saturated heterocycles. The fourth-order valence-electron chi connectivity index (χ4n) is 3.85. The lowest BCUT2D eigenvalue weighted by Crippen LogP contribution is -2.38. The molecule has 0 unspecified atom stereocenters. The van der Waals surface area contributed by atoms with Gasteiger partial charge in [0.15, 0.2) is 0 Å². The van der Waals surface area contributed by atoms with Crippen molar-refractivity contribution in [2.45, 2.75) is 64.8 Å². The van der Waals surface area contributed by atoms with Gasteiger partial charge in [-0.05, 0) is 49.3 Å². The molecule has 27 heavy (non-hydrogen) atoms. The predicted molar refractivity (Wildman–Crippen MR) is 103 cm³/mol. The second kappa shape index (κ2) is 11.1. The Balaban J connectivity index is 1.97. The first kappa shape index (κ1) is 21.4. The van der Waals surface area contributed by atoms with Gasteiger partial charge in [-0.2, -0.15) is 0 Å².